The number of fused-ring (bicyclic) bond motifs is 2. The number of hydrogen-bond acceptors (Lipinski definition) is 6. The number of benzene rings is 2. The summed E-state index contributed by atoms with van der Waals surface area (Å²) in [5.74, 6) is -0.865. The number of para-hydroxylation sites is 2. The number of amides is 3. The van der Waals surface area contributed by atoms with Crippen LogP contribution in [0, 0.1) is 0 Å². The predicted octanol–water partition coefficient (Wildman–Crippen LogP) is 3.60. The van der Waals surface area contributed by atoms with Gasteiger partial charge >= 0.3 is 12.0 Å². The number of carbonyl (C=O) groups is 3. The summed E-state index contributed by atoms with van der Waals surface area (Å²) in [5.41, 5.74) is 1.33. The summed E-state index contributed by atoms with van der Waals surface area (Å²) >= 11 is 1.60. The van der Waals surface area contributed by atoms with Crippen LogP contribution in [0.3, 0.4) is 0 Å². The second kappa shape index (κ2) is 9.44. The second-order valence-electron chi connectivity index (χ2n) is 6.85. The number of thiophene rings is 1. The van der Waals surface area contributed by atoms with Gasteiger partial charge in [0.2, 0.25) is 0 Å². The van der Waals surface area contributed by atoms with Crippen molar-refractivity contribution in [2.45, 2.75) is 12.3 Å². The molecule has 2 heterocycles. The third kappa shape index (κ3) is 4.92. The lowest BCUT2D eigenvalue weighted by Gasteiger charge is -2.26. The Kier molecular flexibility index (Phi) is 6.28. The van der Waals surface area contributed by atoms with Crippen molar-refractivity contribution in [1.29, 1.82) is 0 Å². The second-order valence-corrected chi connectivity index (χ2v) is 7.88. The van der Waals surface area contributed by atoms with Gasteiger partial charge in [-0.15, -0.1) is 11.3 Å². The number of carbonyl (C=O) groups excluding carboxylic acids is 3. The first-order valence-electron chi connectivity index (χ1n) is 9.74. The molecule has 0 atom stereocenters. The van der Waals surface area contributed by atoms with Crippen molar-refractivity contribution in [2.24, 2.45) is 0 Å². The largest absolute Gasteiger partial charge is 0.457 e. The predicted molar refractivity (Wildman–Crippen MR) is 115 cm³/mol. The molecule has 1 aromatic heterocycles. The summed E-state index contributed by atoms with van der Waals surface area (Å²) in [6.45, 7) is -0.159. The zero-order valence-electron chi connectivity index (χ0n) is 16.5. The Morgan fingerprint density at radius 1 is 0.935 bits per heavy atom. The van der Waals surface area contributed by atoms with Gasteiger partial charge in [-0.25, -0.2) is 4.79 Å². The molecule has 1 aliphatic rings. The van der Waals surface area contributed by atoms with Crippen LogP contribution in [-0.2, 0) is 20.7 Å². The van der Waals surface area contributed by atoms with Crippen molar-refractivity contribution < 1.29 is 23.9 Å². The first-order valence-corrected chi connectivity index (χ1v) is 10.6. The first-order chi connectivity index (χ1) is 15.1. The van der Waals surface area contributed by atoms with Gasteiger partial charge in [0, 0.05) is 22.5 Å². The molecule has 0 saturated carbocycles. The molecular formula is C23H20N2O5S. The van der Waals surface area contributed by atoms with Crippen molar-refractivity contribution >= 4 is 29.2 Å². The van der Waals surface area contributed by atoms with Crippen LogP contribution in [0.25, 0.3) is 0 Å². The van der Waals surface area contributed by atoms with Crippen molar-refractivity contribution in [3.05, 3.63) is 82.0 Å². The van der Waals surface area contributed by atoms with E-state index in [1.165, 1.54) is 0 Å². The van der Waals surface area contributed by atoms with Gasteiger partial charge in [0.15, 0.2) is 6.61 Å². The minimum absolute atomic E-state index is 0.398. The van der Waals surface area contributed by atoms with E-state index in [4.69, 9.17) is 9.47 Å². The monoisotopic (exact) mass is 436 g/mol. The van der Waals surface area contributed by atoms with Gasteiger partial charge < -0.3 is 14.8 Å². The van der Waals surface area contributed by atoms with Gasteiger partial charge in [-0.1, -0.05) is 42.5 Å². The van der Waals surface area contributed by atoms with Crippen LogP contribution in [0.2, 0.25) is 0 Å². The molecule has 2 N–H and O–H groups in total. The van der Waals surface area contributed by atoms with Gasteiger partial charge in [0.25, 0.3) is 5.91 Å². The van der Waals surface area contributed by atoms with Crippen LogP contribution in [0.5, 0.6) is 11.5 Å². The van der Waals surface area contributed by atoms with Crippen LogP contribution in [0.15, 0.2) is 66.0 Å². The Morgan fingerprint density at radius 2 is 1.61 bits per heavy atom. The molecule has 1 aliphatic heterocycles. The molecule has 0 aliphatic carbocycles. The van der Waals surface area contributed by atoms with E-state index >= 15 is 0 Å². The molecule has 158 valence electrons. The molecule has 0 saturated heterocycles. The molecule has 8 heteroatoms. The molecule has 4 rings (SSSR count). The Hall–Kier alpha value is -3.65. The summed E-state index contributed by atoms with van der Waals surface area (Å²) in [5, 5.41) is 6.74. The fraction of sp³-hybridized carbons (Fsp3) is 0.174. The van der Waals surface area contributed by atoms with Crippen LogP contribution >= 0.6 is 11.3 Å². The van der Waals surface area contributed by atoms with Gasteiger partial charge in [-0.2, -0.15) is 0 Å². The fourth-order valence-corrected chi connectivity index (χ4v) is 4.05. The zero-order chi connectivity index (χ0) is 21.6. The summed E-state index contributed by atoms with van der Waals surface area (Å²) < 4.78 is 11.1. The minimum atomic E-state index is -0.714. The smallest absolute Gasteiger partial charge is 0.321 e. The fourth-order valence-electron chi connectivity index (χ4n) is 3.34. The van der Waals surface area contributed by atoms with Crippen LogP contribution < -0.4 is 15.4 Å². The van der Waals surface area contributed by atoms with E-state index in [0.29, 0.717) is 35.6 Å². The topological polar surface area (TPSA) is 93.7 Å². The molecular weight excluding hydrogens is 416 g/mol. The summed E-state index contributed by atoms with van der Waals surface area (Å²) in [6, 6.07) is 17.7. The molecule has 31 heavy (non-hydrogen) atoms. The molecule has 3 aromatic rings. The lowest BCUT2D eigenvalue weighted by Crippen LogP contribution is -2.42. The van der Waals surface area contributed by atoms with Crippen LogP contribution in [0.4, 0.5) is 4.79 Å². The molecule has 0 fully saturated rings. The lowest BCUT2D eigenvalue weighted by molar-refractivity contribution is -0.149. The van der Waals surface area contributed by atoms with Crippen molar-refractivity contribution in [1.82, 2.24) is 10.6 Å². The van der Waals surface area contributed by atoms with E-state index in [2.05, 4.69) is 10.6 Å². The van der Waals surface area contributed by atoms with E-state index in [-0.39, 0.29) is 0 Å². The third-order valence-corrected chi connectivity index (χ3v) is 5.69. The van der Waals surface area contributed by atoms with E-state index in [0.717, 1.165) is 4.88 Å². The summed E-state index contributed by atoms with van der Waals surface area (Å²) in [7, 11) is 0. The SMILES string of the molecule is O=C(COC(=O)C1c2ccccc2Oc2ccccc21)NC(=O)NCCc1cccs1. The third-order valence-electron chi connectivity index (χ3n) is 4.75. The van der Waals surface area contributed by atoms with Crippen LogP contribution in [0.1, 0.15) is 21.9 Å². The number of hydrogen-bond donors (Lipinski definition) is 2. The Balaban J connectivity index is 1.32. The van der Waals surface area contributed by atoms with E-state index < -0.39 is 30.4 Å². The molecule has 0 radical (unpaired) electrons. The number of ether oxygens (including phenoxy) is 2. The normalized spacial score (nSPS) is 12.1. The van der Waals surface area contributed by atoms with Gasteiger partial charge in [-0.3, -0.25) is 14.9 Å². The minimum Gasteiger partial charge on any atom is -0.457 e. The molecule has 0 spiro atoms. The van der Waals surface area contributed by atoms with Crippen molar-refractivity contribution in [3.63, 3.8) is 0 Å². The first kappa shape index (κ1) is 20.6. The summed E-state index contributed by atoms with van der Waals surface area (Å²) in [6.07, 6.45) is 0.677. The highest BCUT2D eigenvalue weighted by Crippen LogP contribution is 2.44. The Labute approximate surface area is 183 Å². The van der Waals surface area contributed by atoms with Crippen molar-refractivity contribution in [3.8, 4) is 11.5 Å². The number of esters is 1. The molecule has 3 amide bonds. The average molecular weight is 436 g/mol. The highest BCUT2D eigenvalue weighted by Gasteiger charge is 2.33. The van der Waals surface area contributed by atoms with E-state index in [1.54, 1.807) is 35.6 Å². The quantitative estimate of drug-likeness (QED) is 0.576. The van der Waals surface area contributed by atoms with E-state index in [1.807, 2.05) is 41.8 Å². The number of urea groups is 1. The number of nitrogens with one attached hydrogen (secondary N) is 2. The number of imide groups is 1. The summed E-state index contributed by atoms with van der Waals surface area (Å²) in [4.78, 5) is 37.9. The maximum atomic E-state index is 12.9. The van der Waals surface area contributed by atoms with Gasteiger partial charge in [0.1, 0.15) is 17.4 Å². The zero-order valence-corrected chi connectivity index (χ0v) is 17.3. The Bertz CT molecular complexity index is 1050. The maximum absolute atomic E-state index is 12.9. The molecule has 7 nitrogen and oxygen atoms in total. The van der Waals surface area contributed by atoms with Gasteiger partial charge in [-0.05, 0) is 30.0 Å². The van der Waals surface area contributed by atoms with Crippen LogP contribution in [-0.4, -0.2) is 31.1 Å². The molecule has 0 unspecified atom stereocenters. The van der Waals surface area contributed by atoms with Gasteiger partial charge in [0.05, 0.1) is 0 Å². The maximum Gasteiger partial charge on any atom is 0.321 e. The molecule has 2 aromatic carbocycles. The molecule has 0 bridgehead atoms. The van der Waals surface area contributed by atoms with E-state index in [9.17, 15) is 14.4 Å². The standard InChI is InChI=1S/C23H20N2O5S/c26-20(25-23(28)24-12-11-15-6-5-13-31-15)14-29-22(27)21-16-7-1-3-9-18(16)30-19-10-4-2-8-17(19)21/h1-10,13,21H,11-12,14H2,(H2,24,25,26,28). The highest BCUT2D eigenvalue weighted by atomic mass is 32.1. The average Bonchev–Trinajstić information content (AvgIpc) is 3.29. The lowest BCUT2D eigenvalue weighted by atomic mass is 9.88. The Morgan fingerprint density at radius 3 is 2.26 bits per heavy atom. The highest BCUT2D eigenvalue weighted by molar-refractivity contribution is 7.09. The number of rotatable bonds is 6. The van der Waals surface area contributed by atoms with Crippen molar-refractivity contribution in [2.75, 3.05) is 13.2 Å².